The van der Waals surface area contributed by atoms with Gasteiger partial charge in [0.25, 0.3) is 0 Å². The van der Waals surface area contributed by atoms with Crippen molar-refractivity contribution < 1.29 is 19.4 Å². The molecule has 5 nitrogen and oxygen atoms in total. The van der Waals surface area contributed by atoms with Crippen molar-refractivity contribution in [2.75, 3.05) is 12.4 Å². The minimum Gasteiger partial charge on any atom is -0.497 e. The average molecular weight is 354 g/mol. The van der Waals surface area contributed by atoms with E-state index in [-0.39, 0.29) is 5.91 Å². The Morgan fingerprint density at radius 2 is 1.90 bits per heavy atom. The molecule has 0 aromatic heterocycles. The van der Waals surface area contributed by atoms with E-state index in [0.717, 1.165) is 4.47 Å². The third kappa shape index (κ3) is 3.85. The lowest BCUT2D eigenvalue weighted by Crippen LogP contribution is -2.34. The molecule has 2 atom stereocenters. The van der Waals surface area contributed by atoms with E-state index < -0.39 is 17.8 Å². The highest BCUT2D eigenvalue weighted by Gasteiger charge is 2.33. The predicted molar refractivity (Wildman–Crippen MR) is 82.3 cm³/mol. The number of carbonyl (C=O) groups is 2. The smallest absolute Gasteiger partial charge is 0.307 e. The number of anilines is 1. The molecule has 0 aliphatic heterocycles. The van der Waals surface area contributed by atoms with Gasteiger partial charge in [-0.15, -0.1) is 0 Å². The van der Waals surface area contributed by atoms with Crippen molar-refractivity contribution in [3.8, 4) is 5.75 Å². The first kappa shape index (κ1) is 15.6. The summed E-state index contributed by atoms with van der Waals surface area (Å²) in [5.74, 6) is -1.85. The van der Waals surface area contributed by atoms with Crippen molar-refractivity contribution in [1.82, 2.24) is 0 Å². The van der Waals surface area contributed by atoms with E-state index in [4.69, 9.17) is 4.74 Å². The Balaban J connectivity index is 2.15. The van der Waals surface area contributed by atoms with Crippen LogP contribution in [0.4, 0.5) is 5.69 Å². The molecule has 2 rings (SSSR count). The van der Waals surface area contributed by atoms with E-state index in [1.54, 1.807) is 25.3 Å². The van der Waals surface area contributed by atoms with Crippen LogP contribution < -0.4 is 10.1 Å². The molecule has 6 heteroatoms. The Morgan fingerprint density at radius 1 is 1.24 bits per heavy atom. The van der Waals surface area contributed by atoms with Crippen molar-refractivity contribution in [3.05, 3.63) is 34.8 Å². The monoisotopic (exact) mass is 353 g/mol. The van der Waals surface area contributed by atoms with Crippen molar-refractivity contribution in [2.45, 2.75) is 12.8 Å². The molecule has 0 radical (unpaired) electrons. The van der Waals surface area contributed by atoms with E-state index >= 15 is 0 Å². The highest BCUT2D eigenvalue weighted by atomic mass is 79.9. The van der Waals surface area contributed by atoms with Crippen LogP contribution in [0.1, 0.15) is 12.8 Å². The number of hydrogen-bond acceptors (Lipinski definition) is 3. The lowest BCUT2D eigenvalue weighted by Gasteiger charge is -2.24. The molecule has 1 aromatic rings. The third-order valence-corrected chi connectivity index (χ3v) is 3.92. The fourth-order valence-corrected chi connectivity index (χ4v) is 2.84. The molecular formula is C15H16BrNO4. The van der Waals surface area contributed by atoms with Crippen molar-refractivity contribution in [3.63, 3.8) is 0 Å². The zero-order valence-corrected chi connectivity index (χ0v) is 13.1. The third-order valence-electron chi connectivity index (χ3n) is 3.46. The molecule has 1 aliphatic rings. The van der Waals surface area contributed by atoms with Gasteiger partial charge in [0.05, 0.1) is 18.9 Å². The van der Waals surface area contributed by atoms with Crippen LogP contribution in [-0.4, -0.2) is 24.1 Å². The maximum atomic E-state index is 12.3. The second-order valence-electron chi connectivity index (χ2n) is 4.86. The zero-order valence-electron chi connectivity index (χ0n) is 11.5. The molecule has 2 N–H and O–H groups in total. The first-order valence-corrected chi connectivity index (χ1v) is 7.34. The molecule has 2 unspecified atom stereocenters. The van der Waals surface area contributed by atoms with Gasteiger partial charge in [-0.2, -0.15) is 0 Å². The number of allylic oxidation sites excluding steroid dienone is 2. The number of methoxy groups -OCH3 is 1. The molecule has 112 valence electrons. The summed E-state index contributed by atoms with van der Waals surface area (Å²) in [5.41, 5.74) is 0.574. The minimum absolute atomic E-state index is 0.285. The minimum atomic E-state index is -0.939. The number of carboxylic acids is 1. The van der Waals surface area contributed by atoms with Gasteiger partial charge in [-0.3, -0.25) is 9.59 Å². The van der Waals surface area contributed by atoms with Gasteiger partial charge in [0.2, 0.25) is 5.91 Å². The van der Waals surface area contributed by atoms with Crippen molar-refractivity contribution >= 4 is 33.5 Å². The summed E-state index contributed by atoms with van der Waals surface area (Å²) in [7, 11) is 1.54. The summed E-state index contributed by atoms with van der Waals surface area (Å²) in [5, 5.41) is 12.0. The summed E-state index contributed by atoms with van der Waals surface area (Å²) in [6.45, 7) is 0. The Labute approximate surface area is 131 Å². The van der Waals surface area contributed by atoms with Gasteiger partial charge >= 0.3 is 5.97 Å². The van der Waals surface area contributed by atoms with Gasteiger partial charge in [-0.1, -0.05) is 28.1 Å². The highest BCUT2D eigenvalue weighted by Crippen LogP contribution is 2.29. The topological polar surface area (TPSA) is 75.6 Å². The Bertz CT molecular complexity index is 585. The van der Waals surface area contributed by atoms with E-state index in [0.29, 0.717) is 24.3 Å². The summed E-state index contributed by atoms with van der Waals surface area (Å²) < 4.78 is 5.91. The fourth-order valence-electron chi connectivity index (χ4n) is 2.36. The number of nitrogens with one attached hydrogen (secondary N) is 1. The number of rotatable bonds is 4. The Hall–Kier alpha value is -1.82. The summed E-state index contributed by atoms with van der Waals surface area (Å²) in [6, 6.07) is 5.21. The largest absolute Gasteiger partial charge is 0.497 e. The molecule has 1 aromatic carbocycles. The SMILES string of the molecule is COc1cc(Br)cc(NC(=O)C2CC=CCC2C(=O)O)c1. The fraction of sp³-hybridized carbons (Fsp3) is 0.333. The van der Waals surface area contributed by atoms with Crippen LogP contribution in [0, 0.1) is 11.8 Å². The van der Waals surface area contributed by atoms with Crippen molar-refractivity contribution in [2.24, 2.45) is 11.8 Å². The van der Waals surface area contributed by atoms with Gasteiger partial charge in [0.15, 0.2) is 0 Å². The van der Waals surface area contributed by atoms with E-state index in [9.17, 15) is 14.7 Å². The molecule has 0 fully saturated rings. The van der Waals surface area contributed by atoms with E-state index in [2.05, 4.69) is 21.2 Å². The highest BCUT2D eigenvalue weighted by molar-refractivity contribution is 9.10. The lowest BCUT2D eigenvalue weighted by atomic mass is 9.82. The van der Waals surface area contributed by atoms with Gasteiger partial charge in [-0.05, 0) is 25.0 Å². The van der Waals surface area contributed by atoms with Gasteiger partial charge in [0.1, 0.15) is 5.75 Å². The Kier molecular flexibility index (Phi) is 5.01. The molecule has 0 saturated carbocycles. The molecular weight excluding hydrogens is 338 g/mol. The van der Waals surface area contributed by atoms with Gasteiger partial charge in [-0.25, -0.2) is 0 Å². The summed E-state index contributed by atoms with van der Waals surface area (Å²) in [4.78, 5) is 23.6. The number of amides is 1. The second kappa shape index (κ2) is 6.76. The summed E-state index contributed by atoms with van der Waals surface area (Å²) >= 11 is 3.34. The van der Waals surface area contributed by atoms with Crippen LogP contribution in [0.3, 0.4) is 0 Å². The number of benzene rings is 1. The molecule has 0 bridgehead atoms. The second-order valence-corrected chi connectivity index (χ2v) is 5.78. The first-order valence-electron chi connectivity index (χ1n) is 6.54. The van der Waals surface area contributed by atoms with Crippen LogP contribution in [0.25, 0.3) is 0 Å². The molecule has 0 spiro atoms. The molecule has 0 saturated heterocycles. The zero-order chi connectivity index (χ0) is 15.4. The molecule has 21 heavy (non-hydrogen) atoms. The first-order chi connectivity index (χ1) is 10.0. The normalized spacial score (nSPS) is 20.9. The lowest BCUT2D eigenvalue weighted by molar-refractivity contribution is -0.146. The number of carboxylic acid groups (broad SMARTS) is 1. The van der Waals surface area contributed by atoms with Crippen LogP contribution in [0.5, 0.6) is 5.75 Å². The summed E-state index contributed by atoms with van der Waals surface area (Å²) in [6.07, 6.45) is 4.49. The number of hydrogen-bond donors (Lipinski definition) is 2. The predicted octanol–water partition coefficient (Wildman–Crippen LogP) is 3.06. The maximum absolute atomic E-state index is 12.3. The number of ether oxygens (including phenoxy) is 1. The molecule has 1 aliphatic carbocycles. The van der Waals surface area contributed by atoms with Crippen molar-refractivity contribution in [1.29, 1.82) is 0 Å². The van der Waals surface area contributed by atoms with Gasteiger partial charge in [0, 0.05) is 16.2 Å². The van der Waals surface area contributed by atoms with E-state index in [1.807, 2.05) is 12.2 Å². The number of halogens is 1. The molecule has 0 heterocycles. The maximum Gasteiger partial charge on any atom is 0.307 e. The Morgan fingerprint density at radius 3 is 2.52 bits per heavy atom. The van der Waals surface area contributed by atoms with Crippen LogP contribution >= 0.6 is 15.9 Å². The average Bonchev–Trinajstić information content (AvgIpc) is 2.46. The number of aliphatic carboxylic acids is 1. The number of carbonyl (C=O) groups excluding carboxylic acids is 1. The van der Waals surface area contributed by atoms with Crippen LogP contribution in [0.2, 0.25) is 0 Å². The van der Waals surface area contributed by atoms with Gasteiger partial charge < -0.3 is 15.2 Å². The van der Waals surface area contributed by atoms with Crippen LogP contribution in [0.15, 0.2) is 34.8 Å². The van der Waals surface area contributed by atoms with Crippen LogP contribution in [-0.2, 0) is 9.59 Å². The standard InChI is InChI=1S/C15H16BrNO4/c1-21-11-7-9(16)6-10(8-11)17-14(18)12-4-2-3-5-13(12)15(19)20/h2-3,6-8,12-13H,4-5H2,1H3,(H,17,18)(H,19,20). The quantitative estimate of drug-likeness (QED) is 0.815. The molecule has 1 amide bonds. The van der Waals surface area contributed by atoms with E-state index in [1.165, 1.54) is 0 Å².